The molecule has 17 heavy (non-hydrogen) atoms. The van der Waals surface area contributed by atoms with Crippen molar-refractivity contribution < 1.29 is 19.1 Å². The molecule has 0 saturated carbocycles. The van der Waals surface area contributed by atoms with Crippen molar-refractivity contribution in [2.75, 3.05) is 11.6 Å². The first-order chi connectivity index (χ1) is 8.13. The van der Waals surface area contributed by atoms with E-state index in [0.29, 0.717) is 17.1 Å². The Morgan fingerprint density at radius 1 is 1.65 bits per heavy atom. The Balaban J connectivity index is 2.16. The van der Waals surface area contributed by atoms with E-state index >= 15 is 0 Å². The molecule has 2 atom stereocenters. The Bertz CT molecular complexity index is 447. The molecule has 5 nitrogen and oxygen atoms in total. The molecule has 1 aromatic rings. The molecule has 7 heteroatoms. The third kappa shape index (κ3) is 2.48. The molecular formula is C10H10ClNO4S. The number of furan rings is 1. The molecule has 2 rings (SSSR count). The maximum absolute atomic E-state index is 11.5. The third-order valence-corrected chi connectivity index (χ3v) is 3.89. The summed E-state index contributed by atoms with van der Waals surface area (Å²) in [6, 6.07) is 0.935. The van der Waals surface area contributed by atoms with Crippen molar-refractivity contribution in [1.82, 2.24) is 5.32 Å². The van der Waals surface area contributed by atoms with Crippen molar-refractivity contribution in [1.29, 1.82) is 0 Å². The van der Waals surface area contributed by atoms with Crippen LogP contribution >= 0.6 is 23.4 Å². The van der Waals surface area contributed by atoms with Gasteiger partial charge in [0.05, 0.1) is 17.7 Å². The Morgan fingerprint density at radius 2 is 2.41 bits per heavy atom. The number of halogens is 1. The second kappa shape index (κ2) is 5.12. The highest BCUT2D eigenvalue weighted by molar-refractivity contribution is 7.99. The summed E-state index contributed by atoms with van der Waals surface area (Å²) < 4.78 is 5.24. The normalized spacial score (nSPS) is 23.8. The molecule has 0 amide bonds. The van der Waals surface area contributed by atoms with Gasteiger partial charge in [-0.1, -0.05) is 0 Å². The number of aliphatic carboxylic acids is 1. The molecule has 0 aromatic carbocycles. The number of ketones is 1. The van der Waals surface area contributed by atoms with E-state index in [0.717, 1.165) is 0 Å². The van der Waals surface area contributed by atoms with Crippen LogP contribution in [0.5, 0.6) is 0 Å². The van der Waals surface area contributed by atoms with E-state index in [1.165, 1.54) is 18.0 Å². The number of hydrogen-bond donors (Lipinski definition) is 2. The number of thioether (sulfide) groups is 1. The fourth-order valence-electron chi connectivity index (χ4n) is 1.59. The third-order valence-electron chi connectivity index (χ3n) is 2.44. The Labute approximate surface area is 107 Å². The zero-order chi connectivity index (χ0) is 12.4. The van der Waals surface area contributed by atoms with E-state index in [4.69, 9.17) is 21.1 Å². The minimum absolute atomic E-state index is 0.119. The van der Waals surface area contributed by atoms with Gasteiger partial charge in [0.2, 0.25) is 0 Å². The number of carboxylic acids is 1. The summed E-state index contributed by atoms with van der Waals surface area (Å²) in [7, 11) is 0. The average molecular weight is 276 g/mol. The van der Waals surface area contributed by atoms with Crippen LogP contribution in [0.2, 0.25) is 0 Å². The summed E-state index contributed by atoms with van der Waals surface area (Å²) in [6.07, 6.45) is 1.41. The van der Waals surface area contributed by atoms with E-state index in [9.17, 15) is 9.59 Å². The van der Waals surface area contributed by atoms with Gasteiger partial charge in [-0.05, 0) is 6.07 Å². The highest BCUT2D eigenvalue weighted by Crippen LogP contribution is 2.35. The van der Waals surface area contributed by atoms with Crippen LogP contribution in [-0.2, 0) is 4.79 Å². The Hall–Kier alpha value is -0.980. The topological polar surface area (TPSA) is 79.5 Å². The quantitative estimate of drug-likeness (QED) is 0.640. The fraction of sp³-hybridized carbons (Fsp3) is 0.400. The van der Waals surface area contributed by atoms with Gasteiger partial charge >= 0.3 is 5.97 Å². The maximum Gasteiger partial charge on any atom is 0.321 e. The van der Waals surface area contributed by atoms with Crippen LogP contribution in [0.3, 0.4) is 0 Å². The van der Waals surface area contributed by atoms with Crippen molar-refractivity contribution >= 4 is 35.1 Å². The molecule has 0 radical (unpaired) electrons. The summed E-state index contributed by atoms with van der Waals surface area (Å²) in [4.78, 5) is 22.3. The van der Waals surface area contributed by atoms with Gasteiger partial charge in [-0.3, -0.25) is 14.9 Å². The van der Waals surface area contributed by atoms with Crippen LogP contribution < -0.4 is 5.32 Å². The molecule has 0 spiro atoms. The maximum atomic E-state index is 11.5. The van der Waals surface area contributed by atoms with Crippen molar-refractivity contribution in [3.63, 3.8) is 0 Å². The van der Waals surface area contributed by atoms with Gasteiger partial charge in [0, 0.05) is 5.75 Å². The van der Waals surface area contributed by atoms with Crippen LogP contribution in [0.1, 0.15) is 21.5 Å². The lowest BCUT2D eigenvalue weighted by Crippen LogP contribution is -2.33. The van der Waals surface area contributed by atoms with Gasteiger partial charge in [-0.2, -0.15) is 0 Å². The smallest absolute Gasteiger partial charge is 0.321 e. The zero-order valence-corrected chi connectivity index (χ0v) is 10.3. The van der Waals surface area contributed by atoms with Crippen LogP contribution in [-0.4, -0.2) is 34.5 Å². The number of nitrogens with one attached hydrogen (secondary N) is 1. The van der Waals surface area contributed by atoms with Crippen LogP contribution in [0.4, 0.5) is 0 Å². The number of carbonyl (C=O) groups excluding carboxylic acids is 1. The molecule has 1 aromatic heterocycles. The van der Waals surface area contributed by atoms with E-state index in [1.807, 2.05) is 0 Å². The second-order valence-corrected chi connectivity index (χ2v) is 4.93. The zero-order valence-electron chi connectivity index (χ0n) is 8.68. The summed E-state index contributed by atoms with van der Waals surface area (Å²) in [5.41, 5.74) is 0.413. The largest absolute Gasteiger partial charge is 0.480 e. The SMILES string of the molecule is O=C(CCl)c1ccoc1C1N[C@H](C(=O)O)CS1. The number of rotatable bonds is 4. The average Bonchev–Trinajstić information content (AvgIpc) is 2.95. The first-order valence-electron chi connectivity index (χ1n) is 4.90. The predicted octanol–water partition coefficient (Wildman–Crippen LogP) is 1.49. The molecule has 0 aliphatic carbocycles. The summed E-state index contributed by atoms with van der Waals surface area (Å²) in [5.74, 6) is -0.362. The lowest BCUT2D eigenvalue weighted by molar-refractivity contribution is -0.138. The van der Waals surface area contributed by atoms with E-state index in [2.05, 4.69) is 5.32 Å². The van der Waals surface area contributed by atoms with Gasteiger partial charge in [0.25, 0.3) is 0 Å². The monoisotopic (exact) mass is 275 g/mol. The number of hydrogen-bond acceptors (Lipinski definition) is 5. The molecule has 2 N–H and O–H groups in total. The highest BCUT2D eigenvalue weighted by Gasteiger charge is 2.34. The van der Waals surface area contributed by atoms with Crippen molar-refractivity contribution in [3.8, 4) is 0 Å². The molecule has 1 unspecified atom stereocenters. The minimum atomic E-state index is -0.906. The van der Waals surface area contributed by atoms with Crippen LogP contribution in [0, 0.1) is 0 Å². The predicted molar refractivity (Wildman–Crippen MR) is 63.5 cm³/mol. The summed E-state index contributed by atoms with van der Waals surface area (Å²) in [5, 5.41) is 11.4. The van der Waals surface area contributed by atoms with E-state index in [1.54, 1.807) is 6.07 Å². The van der Waals surface area contributed by atoms with Gasteiger partial charge in [0.15, 0.2) is 5.78 Å². The first-order valence-corrected chi connectivity index (χ1v) is 6.49. The van der Waals surface area contributed by atoms with Gasteiger partial charge in [-0.25, -0.2) is 0 Å². The minimum Gasteiger partial charge on any atom is -0.480 e. The standard InChI is InChI=1S/C10H10ClNO4S/c11-3-7(13)5-1-2-16-8(5)9-12-6(4-17-9)10(14)15/h1-2,6,9,12H,3-4H2,(H,14,15)/t6-,9?/m0/s1. The number of carbonyl (C=O) groups is 2. The van der Waals surface area contributed by atoms with Gasteiger partial charge in [-0.15, -0.1) is 23.4 Å². The molecule has 1 aliphatic rings. The summed E-state index contributed by atoms with van der Waals surface area (Å²) >= 11 is 6.89. The molecule has 92 valence electrons. The van der Waals surface area contributed by atoms with Crippen LogP contribution in [0.15, 0.2) is 16.7 Å². The van der Waals surface area contributed by atoms with Crippen molar-refractivity contribution in [3.05, 3.63) is 23.7 Å². The lowest BCUT2D eigenvalue weighted by atomic mass is 10.2. The van der Waals surface area contributed by atoms with Gasteiger partial charge < -0.3 is 9.52 Å². The second-order valence-electron chi connectivity index (χ2n) is 3.53. The Kier molecular flexibility index (Phi) is 3.76. The van der Waals surface area contributed by atoms with Crippen LogP contribution in [0.25, 0.3) is 0 Å². The molecule has 2 heterocycles. The lowest BCUT2D eigenvalue weighted by Gasteiger charge is -2.09. The molecule has 1 aliphatic heterocycles. The van der Waals surface area contributed by atoms with Crippen molar-refractivity contribution in [2.45, 2.75) is 11.4 Å². The first kappa shape index (κ1) is 12.5. The fourth-order valence-corrected chi connectivity index (χ4v) is 2.95. The molecule has 1 fully saturated rings. The Morgan fingerprint density at radius 3 is 3.00 bits per heavy atom. The van der Waals surface area contributed by atoms with Crippen molar-refractivity contribution in [2.24, 2.45) is 0 Å². The van der Waals surface area contributed by atoms with E-state index in [-0.39, 0.29) is 17.0 Å². The number of carboxylic acid groups (broad SMARTS) is 1. The molecular weight excluding hydrogens is 266 g/mol. The molecule has 1 saturated heterocycles. The highest BCUT2D eigenvalue weighted by atomic mass is 35.5. The number of Topliss-reactive ketones (excluding diaryl/α,β-unsaturated/α-hetero) is 1. The van der Waals surface area contributed by atoms with E-state index < -0.39 is 12.0 Å². The number of alkyl halides is 1. The van der Waals surface area contributed by atoms with Gasteiger partial charge in [0.1, 0.15) is 17.2 Å². The summed E-state index contributed by atoms with van der Waals surface area (Å²) in [6.45, 7) is 0. The molecule has 0 bridgehead atoms.